The highest BCUT2D eigenvalue weighted by Gasteiger charge is 2.16. The molecule has 2 amide bonds. The number of amides is 2. The summed E-state index contributed by atoms with van der Waals surface area (Å²) in [5.74, 6) is 0.992. The van der Waals surface area contributed by atoms with E-state index in [0.29, 0.717) is 19.3 Å². The third kappa shape index (κ3) is 8.57. The largest absolute Gasteiger partial charge is 0.343 e. The van der Waals surface area contributed by atoms with Crippen LogP contribution in [0.2, 0.25) is 0 Å². The molecule has 1 aromatic rings. The van der Waals surface area contributed by atoms with Gasteiger partial charge in [0.05, 0.1) is 0 Å². The van der Waals surface area contributed by atoms with Crippen molar-refractivity contribution in [1.29, 1.82) is 0 Å². The van der Waals surface area contributed by atoms with Crippen LogP contribution in [0.5, 0.6) is 0 Å². The fourth-order valence-corrected chi connectivity index (χ4v) is 3.85. The van der Waals surface area contributed by atoms with E-state index in [9.17, 15) is 9.59 Å². The summed E-state index contributed by atoms with van der Waals surface area (Å²) in [5.41, 5.74) is 2.12. The first-order valence-electron chi connectivity index (χ1n) is 11.4. The third-order valence-corrected chi connectivity index (χ3v) is 5.65. The highest BCUT2D eigenvalue weighted by molar-refractivity contribution is 5.91. The first-order chi connectivity index (χ1) is 14.0. The van der Waals surface area contributed by atoms with Gasteiger partial charge < -0.3 is 10.2 Å². The molecule has 0 bridgehead atoms. The summed E-state index contributed by atoms with van der Waals surface area (Å²) >= 11 is 0. The molecule has 29 heavy (non-hydrogen) atoms. The van der Waals surface area contributed by atoms with Gasteiger partial charge in [-0.25, -0.2) is 0 Å². The number of anilines is 1. The molecule has 5 heteroatoms. The second kappa shape index (κ2) is 12.6. The van der Waals surface area contributed by atoms with E-state index in [1.54, 1.807) is 0 Å². The molecule has 162 valence electrons. The number of benzene rings is 1. The molecule has 0 atom stereocenters. The Bertz CT molecular complexity index is 616. The Balaban J connectivity index is 1.70. The average molecular weight is 402 g/mol. The predicted molar refractivity (Wildman–Crippen MR) is 120 cm³/mol. The Hall–Kier alpha value is -1.88. The number of piperidine rings is 1. The molecule has 1 aromatic carbocycles. The quantitative estimate of drug-likeness (QED) is 0.586. The molecule has 0 spiro atoms. The van der Waals surface area contributed by atoms with Crippen molar-refractivity contribution in [3.05, 3.63) is 29.8 Å². The number of carbonyl (C=O) groups excluding carboxylic acids is 2. The molecule has 0 saturated carbocycles. The van der Waals surface area contributed by atoms with Crippen molar-refractivity contribution in [3.8, 4) is 0 Å². The molecule has 1 aliphatic heterocycles. The van der Waals surface area contributed by atoms with Gasteiger partial charge in [-0.05, 0) is 68.8 Å². The molecule has 1 aliphatic rings. The Morgan fingerprint density at radius 2 is 1.66 bits per heavy atom. The third-order valence-electron chi connectivity index (χ3n) is 5.65. The van der Waals surface area contributed by atoms with Crippen LogP contribution in [0.1, 0.15) is 71.3 Å². The lowest BCUT2D eigenvalue weighted by Gasteiger charge is -2.30. The van der Waals surface area contributed by atoms with E-state index < -0.39 is 0 Å². The molecule has 1 N–H and O–H groups in total. The van der Waals surface area contributed by atoms with Gasteiger partial charge in [-0.1, -0.05) is 32.9 Å². The maximum absolute atomic E-state index is 12.3. The van der Waals surface area contributed by atoms with Crippen molar-refractivity contribution in [1.82, 2.24) is 9.80 Å². The highest BCUT2D eigenvalue weighted by atomic mass is 16.2. The normalized spacial score (nSPS) is 15.3. The van der Waals surface area contributed by atoms with Gasteiger partial charge in [0.25, 0.3) is 0 Å². The predicted octanol–water partition coefficient (Wildman–Crippen LogP) is 4.68. The summed E-state index contributed by atoms with van der Waals surface area (Å²) in [5, 5.41) is 2.95. The second-order valence-electron chi connectivity index (χ2n) is 8.44. The van der Waals surface area contributed by atoms with Crippen molar-refractivity contribution in [2.75, 3.05) is 31.5 Å². The van der Waals surface area contributed by atoms with E-state index in [1.807, 2.05) is 17.0 Å². The van der Waals surface area contributed by atoms with Crippen LogP contribution in [0.3, 0.4) is 0 Å². The van der Waals surface area contributed by atoms with Crippen molar-refractivity contribution in [2.45, 2.75) is 72.3 Å². The monoisotopic (exact) mass is 401 g/mol. The topological polar surface area (TPSA) is 52.7 Å². The van der Waals surface area contributed by atoms with Crippen LogP contribution in [0.15, 0.2) is 24.3 Å². The van der Waals surface area contributed by atoms with Gasteiger partial charge in [-0.15, -0.1) is 0 Å². The summed E-state index contributed by atoms with van der Waals surface area (Å²) in [6, 6.07) is 8.17. The van der Waals surface area contributed by atoms with Crippen LogP contribution in [0.25, 0.3) is 0 Å². The molecular formula is C24H39N3O2. The number of nitrogens with one attached hydrogen (secondary N) is 1. The summed E-state index contributed by atoms with van der Waals surface area (Å²) in [7, 11) is 0. The van der Waals surface area contributed by atoms with Crippen molar-refractivity contribution in [2.24, 2.45) is 5.92 Å². The van der Waals surface area contributed by atoms with Gasteiger partial charge >= 0.3 is 0 Å². The Kier molecular flexibility index (Phi) is 10.2. The van der Waals surface area contributed by atoms with Crippen LogP contribution < -0.4 is 5.32 Å². The van der Waals surface area contributed by atoms with Crippen molar-refractivity contribution >= 4 is 17.5 Å². The number of hydrogen-bond acceptors (Lipinski definition) is 3. The first kappa shape index (κ1) is 23.4. The van der Waals surface area contributed by atoms with Crippen LogP contribution >= 0.6 is 0 Å². The van der Waals surface area contributed by atoms with E-state index in [4.69, 9.17) is 0 Å². The van der Waals surface area contributed by atoms with E-state index >= 15 is 0 Å². The van der Waals surface area contributed by atoms with Gasteiger partial charge in [0.15, 0.2) is 0 Å². The van der Waals surface area contributed by atoms with Crippen LogP contribution in [-0.2, 0) is 16.1 Å². The molecule has 0 aromatic heterocycles. The zero-order valence-corrected chi connectivity index (χ0v) is 18.6. The molecule has 5 nitrogen and oxygen atoms in total. The smallest absolute Gasteiger partial charge is 0.224 e. The maximum Gasteiger partial charge on any atom is 0.224 e. The fourth-order valence-electron chi connectivity index (χ4n) is 3.85. The lowest BCUT2D eigenvalue weighted by Crippen LogP contribution is -2.32. The Morgan fingerprint density at radius 3 is 2.24 bits per heavy atom. The van der Waals surface area contributed by atoms with E-state index in [1.165, 1.54) is 31.5 Å². The highest BCUT2D eigenvalue weighted by Crippen LogP contribution is 2.19. The van der Waals surface area contributed by atoms with Crippen LogP contribution in [0, 0.1) is 5.92 Å². The lowest BCUT2D eigenvalue weighted by atomic mass is 9.99. The SMILES string of the molecule is CCCN(CCC)C(=O)CCCC(=O)Nc1ccc(CN2CCC(C)CC2)cc1. The summed E-state index contributed by atoms with van der Waals surface area (Å²) in [4.78, 5) is 28.9. The van der Waals surface area contributed by atoms with Gasteiger partial charge in [-0.2, -0.15) is 0 Å². The number of nitrogens with zero attached hydrogens (tertiary/aromatic N) is 2. The summed E-state index contributed by atoms with van der Waals surface area (Å²) in [6.45, 7) is 11.4. The zero-order valence-electron chi connectivity index (χ0n) is 18.6. The molecule has 1 heterocycles. The zero-order chi connectivity index (χ0) is 21.1. The van der Waals surface area contributed by atoms with E-state index in [2.05, 4.69) is 43.1 Å². The number of carbonyl (C=O) groups is 2. The fraction of sp³-hybridized carbons (Fsp3) is 0.667. The molecule has 0 radical (unpaired) electrons. The lowest BCUT2D eigenvalue weighted by molar-refractivity contribution is -0.131. The number of likely N-dealkylation sites (tertiary alicyclic amines) is 1. The molecule has 1 fully saturated rings. The standard InChI is InChI=1S/C24H39N3O2/c1-4-15-27(16-5-2)24(29)8-6-7-23(28)25-22-11-9-21(10-12-22)19-26-17-13-20(3)14-18-26/h9-12,20H,4-8,13-19H2,1-3H3,(H,25,28). The minimum atomic E-state index is -0.0203. The van der Waals surface area contributed by atoms with E-state index in [0.717, 1.165) is 44.1 Å². The molecule has 1 saturated heterocycles. The van der Waals surface area contributed by atoms with Crippen molar-refractivity contribution in [3.63, 3.8) is 0 Å². The molecule has 2 rings (SSSR count). The van der Waals surface area contributed by atoms with Crippen LogP contribution in [-0.4, -0.2) is 47.8 Å². The molecule has 0 unspecified atom stereocenters. The minimum absolute atomic E-state index is 0.0203. The van der Waals surface area contributed by atoms with Crippen LogP contribution in [0.4, 0.5) is 5.69 Å². The minimum Gasteiger partial charge on any atom is -0.343 e. The summed E-state index contributed by atoms with van der Waals surface area (Å²) < 4.78 is 0. The number of rotatable bonds is 11. The number of hydrogen-bond donors (Lipinski definition) is 1. The molecule has 0 aliphatic carbocycles. The Morgan fingerprint density at radius 1 is 1.03 bits per heavy atom. The average Bonchev–Trinajstić information content (AvgIpc) is 2.71. The van der Waals surface area contributed by atoms with E-state index in [-0.39, 0.29) is 11.8 Å². The van der Waals surface area contributed by atoms with Gasteiger partial charge in [0.1, 0.15) is 0 Å². The van der Waals surface area contributed by atoms with Gasteiger partial charge in [0.2, 0.25) is 11.8 Å². The Labute approximate surface area is 176 Å². The maximum atomic E-state index is 12.3. The molecular weight excluding hydrogens is 362 g/mol. The second-order valence-corrected chi connectivity index (χ2v) is 8.44. The van der Waals surface area contributed by atoms with Crippen molar-refractivity contribution < 1.29 is 9.59 Å². The van der Waals surface area contributed by atoms with Gasteiger partial charge in [0, 0.05) is 38.2 Å². The summed E-state index contributed by atoms with van der Waals surface area (Å²) in [6.07, 6.45) is 5.93. The first-order valence-corrected chi connectivity index (χ1v) is 11.4. The van der Waals surface area contributed by atoms with Gasteiger partial charge in [-0.3, -0.25) is 14.5 Å².